The Hall–Kier alpha value is -2.70. The Balaban J connectivity index is 1.72. The minimum atomic E-state index is -0.381. The minimum Gasteiger partial charge on any atom is -0.463 e. The average molecular weight is 276 g/mol. The molecule has 4 N–H and O–H groups in total. The van der Waals surface area contributed by atoms with Gasteiger partial charge in [0, 0.05) is 12.1 Å². The number of amides is 2. The molecule has 106 valence electrons. The van der Waals surface area contributed by atoms with Crippen molar-refractivity contribution in [3.8, 4) is 0 Å². The lowest BCUT2D eigenvalue weighted by atomic mass is 10.0. The van der Waals surface area contributed by atoms with Crippen molar-refractivity contribution in [2.75, 3.05) is 0 Å². The lowest BCUT2D eigenvalue weighted by Gasteiger charge is -2.10. The first-order valence-electron chi connectivity index (χ1n) is 6.10. The topological polar surface area (TPSA) is 95.4 Å². The number of hydrogen-bond donors (Lipinski definition) is 4. The third kappa shape index (κ3) is 3.19. The number of carbonyl (C=O) groups is 2. The third-order valence-corrected chi connectivity index (χ3v) is 2.91. The van der Waals surface area contributed by atoms with E-state index < -0.39 is 0 Å². The van der Waals surface area contributed by atoms with E-state index in [0.29, 0.717) is 23.6 Å². The van der Waals surface area contributed by atoms with E-state index in [1.807, 2.05) is 0 Å². The van der Waals surface area contributed by atoms with Gasteiger partial charge in [0.2, 0.25) is 11.8 Å². The maximum atomic E-state index is 11.7. The van der Waals surface area contributed by atoms with Gasteiger partial charge in [-0.2, -0.15) is 0 Å². The van der Waals surface area contributed by atoms with Gasteiger partial charge in [-0.05, 0) is 18.6 Å². The second-order valence-electron chi connectivity index (χ2n) is 4.36. The fourth-order valence-corrected chi connectivity index (χ4v) is 1.77. The summed E-state index contributed by atoms with van der Waals surface area (Å²) in [5.74, 6) is -0.256. The van der Waals surface area contributed by atoms with Crippen LogP contribution in [0.25, 0.3) is 5.70 Å². The molecular formula is C13H16N4O3. The van der Waals surface area contributed by atoms with Crippen molar-refractivity contribution in [2.45, 2.75) is 12.8 Å². The van der Waals surface area contributed by atoms with Gasteiger partial charge < -0.3 is 9.84 Å². The largest absolute Gasteiger partial charge is 0.463 e. The van der Waals surface area contributed by atoms with E-state index in [9.17, 15) is 9.59 Å². The molecular weight excluding hydrogens is 260 g/mol. The van der Waals surface area contributed by atoms with Crippen LogP contribution >= 0.6 is 0 Å². The molecule has 0 radical (unpaired) electrons. The van der Waals surface area contributed by atoms with Gasteiger partial charge in [0.05, 0.1) is 17.9 Å². The zero-order valence-electron chi connectivity index (χ0n) is 10.9. The molecule has 1 aliphatic heterocycles. The summed E-state index contributed by atoms with van der Waals surface area (Å²) in [6.07, 6.45) is 2.09. The summed E-state index contributed by atoms with van der Waals surface area (Å²) in [6.45, 7) is 7.43. The van der Waals surface area contributed by atoms with E-state index in [1.165, 1.54) is 6.26 Å². The lowest BCUT2D eigenvalue weighted by molar-refractivity contribution is -0.123. The Morgan fingerprint density at radius 2 is 2.20 bits per heavy atom. The molecule has 1 atom stereocenters. The Kier molecular flexibility index (Phi) is 4.09. The first-order valence-corrected chi connectivity index (χ1v) is 6.10. The molecule has 1 aromatic rings. The molecule has 1 aromatic heterocycles. The van der Waals surface area contributed by atoms with Crippen LogP contribution in [0.2, 0.25) is 0 Å². The Morgan fingerprint density at radius 3 is 2.80 bits per heavy atom. The third-order valence-electron chi connectivity index (χ3n) is 2.91. The van der Waals surface area contributed by atoms with Crippen LogP contribution in [0.15, 0.2) is 41.7 Å². The van der Waals surface area contributed by atoms with Crippen LogP contribution in [0, 0.1) is 5.92 Å². The van der Waals surface area contributed by atoms with Crippen LogP contribution in [0.4, 0.5) is 0 Å². The fraction of sp³-hybridized carbons (Fsp3) is 0.231. The van der Waals surface area contributed by atoms with E-state index in [1.54, 1.807) is 12.1 Å². The van der Waals surface area contributed by atoms with Crippen LogP contribution in [-0.4, -0.2) is 11.8 Å². The highest BCUT2D eigenvalue weighted by Crippen LogP contribution is 2.17. The number of furan rings is 1. The second kappa shape index (κ2) is 5.96. The molecule has 0 spiro atoms. The van der Waals surface area contributed by atoms with Crippen molar-refractivity contribution in [2.24, 2.45) is 5.92 Å². The molecule has 0 aliphatic carbocycles. The molecule has 1 fully saturated rings. The lowest BCUT2D eigenvalue weighted by Crippen LogP contribution is -2.36. The van der Waals surface area contributed by atoms with E-state index >= 15 is 0 Å². The van der Waals surface area contributed by atoms with Crippen LogP contribution in [0.1, 0.15) is 18.6 Å². The number of nitrogens with one attached hydrogen (secondary N) is 4. The van der Waals surface area contributed by atoms with Gasteiger partial charge in [0.15, 0.2) is 5.76 Å². The van der Waals surface area contributed by atoms with Crippen molar-refractivity contribution < 1.29 is 14.0 Å². The number of rotatable bonds is 6. The molecule has 1 unspecified atom stereocenters. The average Bonchev–Trinajstić information content (AvgIpc) is 3.05. The molecule has 1 aliphatic rings. The van der Waals surface area contributed by atoms with Gasteiger partial charge >= 0.3 is 0 Å². The molecule has 2 rings (SSSR count). The van der Waals surface area contributed by atoms with Crippen LogP contribution in [0.5, 0.6) is 0 Å². The molecule has 2 heterocycles. The normalized spacial score (nSPS) is 17.3. The molecule has 2 amide bonds. The Bertz CT molecular complexity index is 520. The van der Waals surface area contributed by atoms with E-state index in [2.05, 4.69) is 34.9 Å². The van der Waals surface area contributed by atoms with E-state index in [-0.39, 0.29) is 24.2 Å². The molecule has 0 saturated carbocycles. The SMILES string of the molecule is C=C(NNC(=O)CCC1C(=C)NNC1=O)c1ccco1. The summed E-state index contributed by atoms with van der Waals surface area (Å²) >= 11 is 0. The quantitative estimate of drug-likeness (QED) is 0.565. The number of hydrogen-bond acceptors (Lipinski definition) is 5. The standard InChI is InChI=1S/C13H16N4O3/c1-8-10(13(19)17-14-8)5-6-12(18)16-15-9(2)11-4-3-7-20-11/h3-4,7,10,14-15H,1-2,5-6H2,(H,16,18)(H,17,19). The van der Waals surface area contributed by atoms with Crippen LogP contribution in [0.3, 0.4) is 0 Å². The van der Waals surface area contributed by atoms with E-state index in [0.717, 1.165) is 0 Å². The highest BCUT2D eigenvalue weighted by molar-refractivity contribution is 5.84. The first kappa shape index (κ1) is 13.7. The zero-order valence-corrected chi connectivity index (χ0v) is 10.9. The molecule has 7 nitrogen and oxygen atoms in total. The highest BCUT2D eigenvalue weighted by atomic mass is 16.3. The van der Waals surface area contributed by atoms with Crippen molar-refractivity contribution in [3.05, 3.63) is 43.0 Å². The molecule has 7 heteroatoms. The maximum Gasteiger partial charge on any atom is 0.247 e. The zero-order chi connectivity index (χ0) is 14.5. The molecule has 0 bridgehead atoms. The second-order valence-corrected chi connectivity index (χ2v) is 4.36. The number of hydrazine groups is 2. The molecule has 20 heavy (non-hydrogen) atoms. The van der Waals surface area contributed by atoms with Gasteiger partial charge in [0.1, 0.15) is 0 Å². The highest BCUT2D eigenvalue weighted by Gasteiger charge is 2.28. The van der Waals surface area contributed by atoms with Gasteiger partial charge in [-0.1, -0.05) is 13.2 Å². The van der Waals surface area contributed by atoms with Crippen LogP contribution < -0.4 is 21.7 Å². The van der Waals surface area contributed by atoms with E-state index in [4.69, 9.17) is 4.42 Å². The summed E-state index contributed by atoms with van der Waals surface area (Å²) in [7, 11) is 0. The molecule has 0 aromatic carbocycles. The molecule has 1 saturated heterocycles. The van der Waals surface area contributed by atoms with Crippen LogP contribution in [-0.2, 0) is 9.59 Å². The van der Waals surface area contributed by atoms with Crippen molar-refractivity contribution in [3.63, 3.8) is 0 Å². The van der Waals surface area contributed by atoms with Gasteiger partial charge in [-0.15, -0.1) is 0 Å². The maximum absolute atomic E-state index is 11.7. The monoisotopic (exact) mass is 276 g/mol. The summed E-state index contributed by atoms with van der Waals surface area (Å²) < 4.78 is 5.11. The first-order chi connectivity index (χ1) is 9.58. The summed E-state index contributed by atoms with van der Waals surface area (Å²) in [6, 6.07) is 3.45. The number of carbonyl (C=O) groups excluding carboxylic acids is 2. The predicted molar refractivity (Wildman–Crippen MR) is 72.2 cm³/mol. The van der Waals surface area contributed by atoms with Crippen molar-refractivity contribution >= 4 is 17.5 Å². The van der Waals surface area contributed by atoms with Gasteiger partial charge in [0.25, 0.3) is 0 Å². The van der Waals surface area contributed by atoms with Gasteiger partial charge in [-0.3, -0.25) is 25.9 Å². The van der Waals surface area contributed by atoms with Crippen molar-refractivity contribution in [1.82, 2.24) is 21.7 Å². The Labute approximate surface area is 116 Å². The van der Waals surface area contributed by atoms with Gasteiger partial charge in [-0.25, -0.2) is 0 Å². The smallest absolute Gasteiger partial charge is 0.247 e. The summed E-state index contributed by atoms with van der Waals surface area (Å²) in [4.78, 5) is 23.1. The fourth-order valence-electron chi connectivity index (χ4n) is 1.77. The summed E-state index contributed by atoms with van der Waals surface area (Å²) in [5.41, 5.74) is 11.3. The predicted octanol–water partition coefficient (Wildman–Crippen LogP) is 0.416. The van der Waals surface area contributed by atoms with Crippen molar-refractivity contribution in [1.29, 1.82) is 0 Å². The minimum absolute atomic E-state index is 0.171. The Morgan fingerprint density at radius 1 is 1.40 bits per heavy atom. The summed E-state index contributed by atoms with van der Waals surface area (Å²) in [5, 5.41) is 0.